The van der Waals surface area contributed by atoms with Crippen molar-refractivity contribution in [3.8, 4) is 17.3 Å². The first-order valence-electron chi connectivity index (χ1n) is 8.28. The molecule has 1 aliphatic rings. The minimum absolute atomic E-state index is 0.216. The lowest BCUT2D eigenvalue weighted by atomic mass is 9.78. The fourth-order valence-electron chi connectivity index (χ4n) is 3.19. The molecule has 23 heavy (non-hydrogen) atoms. The van der Waals surface area contributed by atoms with Gasteiger partial charge in [-0.1, -0.05) is 37.3 Å². The van der Waals surface area contributed by atoms with Gasteiger partial charge in [-0.3, -0.25) is 9.88 Å². The lowest BCUT2D eigenvalue weighted by molar-refractivity contribution is 0.116. The highest BCUT2D eigenvalue weighted by molar-refractivity contribution is 5.58. The van der Waals surface area contributed by atoms with Gasteiger partial charge in [0.05, 0.1) is 11.8 Å². The molecule has 1 aromatic heterocycles. The molecule has 1 saturated heterocycles. The van der Waals surface area contributed by atoms with Crippen LogP contribution in [0.1, 0.15) is 31.7 Å². The molecule has 3 heteroatoms. The van der Waals surface area contributed by atoms with Gasteiger partial charge in [-0.05, 0) is 49.0 Å². The molecular weight excluding hydrogens is 282 g/mol. The molecule has 0 spiro atoms. The first-order valence-corrected chi connectivity index (χ1v) is 8.28. The van der Waals surface area contributed by atoms with Crippen molar-refractivity contribution in [3.63, 3.8) is 0 Å². The highest BCUT2D eigenvalue weighted by Crippen LogP contribution is 2.34. The van der Waals surface area contributed by atoms with E-state index in [-0.39, 0.29) is 5.41 Å². The number of benzene rings is 1. The summed E-state index contributed by atoms with van der Waals surface area (Å²) in [6, 6.07) is 17.0. The van der Waals surface area contributed by atoms with E-state index in [4.69, 9.17) is 5.26 Å². The van der Waals surface area contributed by atoms with E-state index in [1.54, 1.807) is 0 Å². The van der Waals surface area contributed by atoms with Gasteiger partial charge in [-0.25, -0.2) is 0 Å². The number of nitriles is 1. The van der Waals surface area contributed by atoms with Gasteiger partial charge in [0.2, 0.25) is 0 Å². The molecule has 1 fully saturated rings. The van der Waals surface area contributed by atoms with Crippen LogP contribution in [-0.4, -0.2) is 23.0 Å². The van der Waals surface area contributed by atoms with E-state index >= 15 is 0 Å². The van der Waals surface area contributed by atoms with Crippen LogP contribution in [0.4, 0.5) is 0 Å². The maximum Gasteiger partial charge on any atom is 0.0701 e. The van der Waals surface area contributed by atoms with Crippen LogP contribution in [0.25, 0.3) is 11.3 Å². The Morgan fingerprint density at radius 1 is 1.13 bits per heavy atom. The molecule has 0 radical (unpaired) electrons. The Morgan fingerprint density at radius 3 is 2.48 bits per heavy atom. The number of likely N-dealkylation sites (tertiary alicyclic amines) is 1. The van der Waals surface area contributed by atoms with Crippen LogP contribution in [0.15, 0.2) is 48.7 Å². The van der Waals surface area contributed by atoms with Crippen molar-refractivity contribution in [2.75, 3.05) is 13.1 Å². The van der Waals surface area contributed by atoms with E-state index in [0.717, 1.165) is 43.7 Å². The van der Waals surface area contributed by atoms with E-state index < -0.39 is 0 Å². The van der Waals surface area contributed by atoms with E-state index in [1.807, 2.05) is 24.4 Å². The molecule has 3 rings (SSSR count). The molecule has 1 aliphatic heterocycles. The van der Waals surface area contributed by atoms with E-state index in [0.29, 0.717) is 6.42 Å². The van der Waals surface area contributed by atoms with Crippen molar-refractivity contribution < 1.29 is 0 Å². The zero-order chi connectivity index (χ0) is 16.1. The largest absolute Gasteiger partial charge is 0.299 e. The minimum atomic E-state index is 0.216. The SMILES string of the molecule is CC1(CC#N)CCN(Cc2ccc(-c3ccccn3)cc2)CC1. The maximum atomic E-state index is 8.94. The summed E-state index contributed by atoms with van der Waals surface area (Å²) in [7, 11) is 0. The average molecular weight is 305 g/mol. The third-order valence-electron chi connectivity index (χ3n) is 4.89. The van der Waals surface area contributed by atoms with Crippen LogP contribution in [-0.2, 0) is 6.54 Å². The molecule has 0 amide bonds. The standard InChI is InChI=1S/C20H23N3/c1-20(9-12-21)10-14-23(15-11-20)16-17-5-7-18(8-6-17)19-4-2-3-13-22-19/h2-8,13H,9-11,14-16H2,1H3. The van der Waals surface area contributed by atoms with Crippen LogP contribution >= 0.6 is 0 Å². The van der Waals surface area contributed by atoms with Crippen molar-refractivity contribution in [2.24, 2.45) is 5.41 Å². The summed E-state index contributed by atoms with van der Waals surface area (Å²) in [5, 5.41) is 8.94. The predicted octanol–water partition coefficient (Wildman–Crippen LogP) is 4.26. The van der Waals surface area contributed by atoms with Crippen LogP contribution < -0.4 is 0 Å². The molecule has 0 atom stereocenters. The van der Waals surface area contributed by atoms with Crippen molar-refractivity contribution in [1.29, 1.82) is 5.26 Å². The minimum Gasteiger partial charge on any atom is -0.299 e. The smallest absolute Gasteiger partial charge is 0.0701 e. The topological polar surface area (TPSA) is 39.9 Å². The first-order chi connectivity index (χ1) is 11.2. The van der Waals surface area contributed by atoms with E-state index in [1.165, 1.54) is 5.56 Å². The second-order valence-electron chi connectivity index (χ2n) is 6.83. The molecule has 2 aromatic rings. The van der Waals surface area contributed by atoms with Crippen molar-refractivity contribution >= 4 is 0 Å². The third kappa shape index (κ3) is 3.97. The molecular formula is C20H23N3. The van der Waals surface area contributed by atoms with E-state index in [9.17, 15) is 0 Å². The number of pyridine rings is 1. The summed E-state index contributed by atoms with van der Waals surface area (Å²) in [6.07, 6.45) is 4.74. The fraction of sp³-hybridized carbons (Fsp3) is 0.400. The molecule has 3 nitrogen and oxygen atoms in total. The zero-order valence-electron chi connectivity index (χ0n) is 13.7. The monoisotopic (exact) mass is 305 g/mol. The Bertz CT molecular complexity index is 662. The summed E-state index contributed by atoms with van der Waals surface area (Å²) in [4.78, 5) is 6.89. The summed E-state index contributed by atoms with van der Waals surface area (Å²) in [5.74, 6) is 0. The molecule has 1 aromatic carbocycles. The fourth-order valence-corrected chi connectivity index (χ4v) is 3.19. The van der Waals surface area contributed by atoms with Gasteiger partial charge in [0.25, 0.3) is 0 Å². The zero-order valence-corrected chi connectivity index (χ0v) is 13.7. The Hall–Kier alpha value is -2.18. The number of aromatic nitrogens is 1. The van der Waals surface area contributed by atoms with Crippen molar-refractivity contribution in [3.05, 3.63) is 54.2 Å². The molecule has 0 saturated carbocycles. The highest BCUT2D eigenvalue weighted by Gasteiger charge is 2.29. The first kappa shape index (κ1) is 15.7. The average Bonchev–Trinajstić information content (AvgIpc) is 2.59. The van der Waals surface area contributed by atoms with Crippen molar-refractivity contribution in [1.82, 2.24) is 9.88 Å². The Morgan fingerprint density at radius 2 is 1.87 bits per heavy atom. The Labute approximate surface area is 138 Å². The lowest BCUT2D eigenvalue weighted by Crippen LogP contribution is -2.38. The molecule has 0 N–H and O–H groups in total. The third-order valence-corrected chi connectivity index (χ3v) is 4.89. The number of hydrogen-bond donors (Lipinski definition) is 0. The number of nitrogens with zero attached hydrogens (tertiary/aromatic N) is 3. The molecule has 0 unspecified atom stereocenters. The van der Waals surface area contributed by atoms with Gasteiger partial charge in [0.15, 0.2) is 0 Å². The second kappa shape index (κ2) is 6.93. The predicted molar refractivity (Wildman–Crippen MR) is 92.5 cm³/mol. The summed E-state index contributed by atoms with van der Waals surface area (Å²) >= 11 is 0. The van der Waals surface area contributed by atoms with Gasteiger partial charge in [0, 0.05) is 24.7 Å². The van der Waals surface area contributed by atoms with Crippen LogP contribution in [0.2, 0.25) is 0 Å². The summed E-state index contributed by atoms with van der Waals surface area (Å²) < 4.78 is 0. The summed E-state index contributed by atoms with van der Waals surface area (Å²) in [6.45, 7) is 5.40. The van der Waals surface area contributed by atoms with Gasteiger partial charge >= 0.3 is 0 Å². The van der Waals surface area contributed by atoms with Crippen LogP contribution in [0.5, 0.6) is 0 Å². The Balaban J connectivity index is 1.59. The van der Waals surface area contributed by atoms with Crippen LogP contribution in [0.3, 0.4) is 0 Å². The quantitative estimate of drug-likeness (QED) is 0.847. The van der Waals surface area contributed by atoms with Gasteiger partial charge in [-0.15, -0.1) is 0 Å². The molecule has 0 aliphatic carbocycles. The van der Waals surface area contributed by atoms with Gasteiger partial charge < -0.3 is 0 Å². The summed E-state index contributed by atoms with van der Waals surface area (Å²) in [5.41, 5.74) is 3.74. The van der Waals surface area contributed by atoms with Gasteiger partial charge in [0.1, 0.15) is 0 Å². The lowest BCUT2D eigenvalue weighted by Gasteiger charge is -2.38. The Kier molecular flexibility index (Phi) is 4.73. The molecule has 118 valence electrons. The van der Waals surface area contributed by atoms with Crippen LogP contribution in [0, 0.1) is 16.7 Å². The number of rotatable bonds is 4. The van der Waals surface area contributed by atoms with Gasteiger partial charge in [-0.2, -0.15) is 5.26 Å². The molecule has 0 bridgehead atoms. The van der Waals surface area contributed by atoms with E-state index in [2.05, 4.69) is 47.1 Å². The number of hydrogen-bond acceptors (Lipinski definition) is 3. The highest BCUT2D eigenvalue weighted by atomic mass is 15.1. The second-order valence-corrected chi connectivity index (χ2v) is 6.83. The molecule has 2 heterocycles. The van der Waals surface area contributed by atoms with Crippen molar-refractivity contribution in [2.45, 2.75) is 32.7 Å². The maximum absolute atomic E-state index is 8.94. The number of piperidine rings is 1. The normalized spacial score (nSPS) is 17.6.